The third kappa shape index (κ3) is 4.16. The van der Waals surface area contributed by atoms with Crippen LogP contribution in [0, 0.1) is 11.8 Å². The molecule has 1 unspecified atom stereocenters. The van der Waals surface area contributed by atoms with Crippen molar-refractivity contribution in [1.82, 2.24) is 4.90 Å². The number of rotatable bonds is 6. The molecule has 0 radical (unpaired) electrons. The standard InChI is InChI=1S/C14H28N2OS/c1-4-13(10-18-3)16(2)14(17)12-7-5-11(9-15)6-8-12/h11-13H,4-10,15H2,1-3H3. The molecule has 0 aromatic heterocycles. The molecule has 106 valence electrons. The zero-order chi connectivity index (χ0) is 13.5. The number of nitrogens with two attached hydrogens (primary N) is 1. The molecule has 1 saturated carbocycles. The van der Waals surface area contributed by atoms with Gasteiger partial charge >= 0.3 is 0 Å². The zero-order valence-electron chi connectivity index (χ0n) is 12.0. The Kier molecular flexibility index (Phi) is 7.08. The Morgan fingerprint density at radius 1 is 1.39 bits per heavy atom. The molecule has 1 atom stereocenters. The van der Waals surface area contributed by atoms with Crippen molar-refractivity contribution in [2.24, 2.45) is 17.6 Å². The molecule has 0 aromatic rings. The third-order valence-electron chi connectivity index (χ3n) is 4.25. The normalized spacial score (nSPS) is 25.8. The Labute approximate surface area is 116 Å². The monoisotopic (exact) mass is 272 g/mol. The molecule has 0 heterocycles. The van der Waals surface area contributed by atoms with Gasteiger partial charge in [-0.2, -0.15) is 11.8 Å². The van der Waals surface area contributed by atoms with Gasteiger partial charge in [0, 0.05) is 24.8 Å². The Bertz CT molecular complexity index is 252. The summed E-state index contributed by atoms with van der Waals surface area (Å²) in [6, 6.07) is 0.389. The van der Waals surface area contributed by atoms with Gasteiger partial charge in [0.2, 0.25) is 5.91 Å². The molecule has 1 rings (SSSR count). The molecular formula is C14H28N2OS. The first-order chi connectivity index (χ1) is 8.63. The van der Waals surface area contributed by atoms with Gasteiger partial charge in [0.05, 0.1) is 0 Å². The molecule has 2 N–H and O–H groups in total. The zero-order valence-corrected chi connectivity index (χ0v) is 12.8. The molecule has 1 aliphatic carbocycles. The van der Waals surface area contributed by atoms with Gasteiger partial charge in [-0.3, -0.25) is 4.79 Å². The largest absolute Gasteiger partial charge is 0.342 e. The Hall–Kier alpha value is -0.220. The summed E-state index contributed by atoms with van der Waals surface area (Å²) in [5.74, 6) is 2.28. The van der Waals surface area contributed by atoms with E-state index in [-0.39, 0.29) is 5.92 Å². The number of hydrogen-bond donors (Lipinski definition) is 1. The lowest BCUT2D eigenvalue weighted by Crippen LogP contribution is -2.43. The molecule has 0 aromatic carbocycles. The highest BCUT2D eigenvalue weighted by atomic mass is 32.2. The Balaban J connectivity index is 2.48. The second kappa shape index (κ2) is 8.05. The summed E-state index contributed by atoms with van der Waals surface area (Å²) >= 11 is 1.82. The fourth-order valence-electron chi connectivity index (χ4n) is 2.81. The van der Waals surface area contributed by atoms with Gasteiger partial charge in [-0.05, 0) is 50.8 Å². The molecule has 1 aliphatic rings. The number of carbonyl (C=O) groups is 1. The van der Waals surface area contributed by atoms with E-state index >= 15 is 0 Å². The smallest absolute Gasteiger partial charge is 0.225 e. The van der Waals surface area contributed by atoms with Crippen LogP contribution in [0.15, 0.2) is 0 Å². The summed E-state index contributed by atoms with van der Waals surface area (Å²) in [6.45, 7) is 2.94. The summed E-state index contributed by atoms with van der Waals surface area (Å²) in [7, 11) is 1.97. The van der Waals surface area contributed by atoms with Crippen molar-refractivity contribution in [2.45, 2.75) is 45.1 Å². The van der Waals surface area contributed by atoms with E-state index < -0.39 is 0 Å². The van der Waals surface area contributed by atoms with Crippen molar-refractivity contribution in [1.29, 1.82) is 0 Å². The molecule has 0 saturated heterocycles. The number of amides is 1. The van der Waals surface area contributed by atoms with Gasteiger partial charge < -0.3 is 10.6 Å². The average molecular weight is 272 g/mol. The van der Waals surface area contributed by atoms with Crippen molar-refractivity contribution >= 4 is 17.7 Å². The minimum atomic E-state index is 0.244. The minimum Gasteiger partial charge on any atom is -0.342 e. The molecule has 0 spiro atoms. The van der Waals surface area contributed by atoms with Crippen LogP contribution in [0.1, 0.15) is 39.0 Å². The molecule has 3 nitrogen and oxygen atoms in total. The number of thioether (sulfide) groups is 1. The fraction of sp³-hybridized carbons (Fsp3) is 0.929. The van der Waals surface area contributed by atoms with Crippen LogP contribution in [-0.4, -0.2) is 42.4 Å². The van der Waals surface area contributed by atoms with Crippen molar-refractivity contribution < 1.29 is 4.79 Å². The van der Waals surface area contributed by atoms with E-state index in [4.69, 9.17) is 5.73 Å². The van der Waals surface area contributed by atoms with E-state index in [2.05, 4.69) is 13.2 Å². The first kappa shape index (κ1) is 15.8. The van der Waals surface area contributed by atoms with Crippen molar-refractivity contribution in [3.05, 3.63) is 0 Å². The van der Waals surface area contributed by atoms with Gasteiger partial charge in [-0.15, -0.1) is 0 Å². The molecule has 0 bridgehead atoms. The SMILES string of the molecule is CCC(CSC)N(C)C(=O)C1CCC(CN)CC1. The summed E-state index contributed by atoms with van der Waals surface area (Å²) in [5.41, 5.74) is 5.70. The van der Waals surface area contributed by atoms with Crippen LogP contribution < -0.4 is 5.73 Å². The number of hydrogen-bond acceptors (Lipinski definition) is 3. The van der Waals surface area contributed by atoms with E-state index in [1.807, 2.05) is 23.7 Å². The molecule has 18 heavy (non-hydrogen) atoms. The van der Waals surface area contributed by atoms with Crippen LogP contribution in [0.4, 0.5) is 0 Å². The van der Waals surface area contributed by atoms with Gasteiger partial charge in [0.25, 0.3) is 0 Å². The molecule has 4 heteroatoms. The van der Waals surface area contributed by atoms with Crippen molar-refractivity contribution in [3.8, 4) is 0 Å². The van der Waals surface area contributed by atoms with Crippen molar-refractivity contribution in [3.63, 3.8) is 0 Å². The molecular weight excluding hydrogens is 244 g/mol. The Morgan fingerprint density at radius 2 is 2.00 bits per heavy atom. The van der Waals surface area contributed by atoms with Crippen LogP contribution in [0.2, 0.25) is 0 Å². The van der Waals surface area contributed by atoms with Crippen LogP contribution in [0.25, 0.3) is 0 Å². The van der Waals surface area contributed by atoms with Crippen LogP contribution >= 0.6 is 11.8 Å². The molecule has 1 amide bonds. The lowest BCUT2D eigenvalue weighted by atomic mass is 9.81. The van der Waals surface area contributed by atoms with Gasteiger partial charge in [0.15, 0.2) is 0 Å². The Morgan fingerprint density at radius 3 is 2.44 bits per heavy atom. The van der Waals surface area contributed by atoms with Crippen LogP contribution in [-0.2, 0) is 4.79 Å². The predicted octanol–water partition coefficient (Wildman–Crippen LogP) is 2.35. The maximum Gasteiger partial charge on any atom is 0.225 e. The van der Waals surface area contributed by atoms with Crippen LogP contribution in [0.3, 0.4) is 0 Å². The topological polar surface area (TPSA) is 46.3 Å². The number of nitrogens with zero attached hydrogens (tertiary/aromatic N) is 1. The maximum atomic E-state index is 12.5. The minimum absolute atomic E-state index is 0.244. The lowest BCUT2D eigenvalue weighted by Gasteiger charge is -2.33. The van der Waals surface area contributed by atoms with E-state index in [9.17, 15) is 4.79 Å². The van der Waals surface area contributed by atoms with Gasteiger partial charge in [-0.1, -0.05) is 6.92 Å². The highest BCUT2D eigenvalue weighted by Crippen LogP contribution is 2.29. The first-order valence-electron chi connectivity index (χ1n) is 7.09. The molecule has 1 fully saturated rings. The second-order valence-corrected chi connectivity index (χ2v) is 6.33. The summed E-state index contributed by atoms with van der Waals surface area (Å²) in [5, 5.41) is 0. The fourth-order valence-corrected chi connectivity index (χ4v) is 3.65. The second-order valence-electron chi connectivity index (χ2n) is 5.42. The van der Waals surface area contributed by atoms with E-state index in [1.54, 1.807) is 0 Å². The average Bonchev–Trinajstić information content (AvgIpc) is 2.43. The van der Waals surface area contributed by atoms with E-state index in [1.165, 1.54) is 0 Å². The summed E-state index contributed by atoms with van der Waals surface area (Å²) in [6.07, 6.45) is 7.45. The number of carbonyl (C=O) groups excluding carboxylic acids is 1. The van der Waals surface area contributed by atoms with Gasteiger partial charge in [0.1, 0.15) is 0 Å². The lowest BCUT2D eigenvalue weighted by molar-refractivity contribution is -0.137. The maximum absolute atomic E-state index is 12.5. The predicted molar refractivity (Wildman–Crippen MR) is 79.7 cm³/mol. The van der Waals surface area contributed by atoms with E-state index in [0.29, 0.717) is 17.9 Å². The quantitative estimate of drug-likeness (QED) is 0.807. The summed E-state index contributed by atoms with van der Waals surface area (Å²) < 4.78 is 0. The van der Waals surface area contributed by atoms with Gasteiger partial charge in [-0.25, -0.2) is 0 Å². The van der Waals surface area contributed by atoms with Crippen LogP contribution in [0.5, 0.6) is 0 Å². The van der Waals surface area contributed by atoms with Crippen molar-refractivity contribution in [2.75, 3.05) is 25.6 Å². The highest BCUT2D eigenvalue weighted by Gasteiger charge is 2.29. The molecule has 0 aliphatic heterocycles. The summed E-state index contributed by atoms with van der Waals surface area (Å²) in [4.78, 5) is 14.4. The first-order valence-corrected chi connectivity index (χ1v) is 8.49. The third-order valence-corrected chi connectivity index (χ3v) is 4.97. The van der Waals surface area contributed by atoms with E-state index in [0.717, 1.165) is 44.4 Å². The highest BCUT2D eigenvalue weighted by molar-refractivity contribution is 7.98.